The average molecular weight is 123 g/mol. The molecule has 48 valence electrons. The second-order valence-electron chi connectivity index (χ2n) is 1.59. The van der Waals surface area contributed by atoms with E-state index in [1.54, 1.807) is 14.0 Å². The summed E-state index contributed by atoms with van der Waals surface area (Å²) in [6, 6.07) is 0. The average Bonchev–Trinajstić information content (AvgIpc) is 1.87. The molecule has 0 aliphatic rings. The van der Waals surface area contributed by atoms with E-state index in [9.17, 15) is 0 Å². The Morgan fingerprint density at radius 2 is 1.89 bits per heavy atom. The zero-order valence-electron chi connectivity index (χ0n) is 5.84. The Labute approximate surface area is 54.9 Å². The fourth-order valence-corrected chi connectivity index (χ4v) is 0.309. The molecule has 0 aromatic carbocycles. The number of aliphatic imine (C=N–C) groups is 1. The fraction of sp³-hybridized carbons (Fsp3) is 0.500. The second kappa shape index (κ2) is 3.79. The van der Waals surface area contributed by atoms with Gasteiger partial charge in [0.15, 0.2) is 0 Å². The summed E-state index contributed by atoms with van der Waals surface area (Å²) in [5.74, 6) is 0. The highest BCUT2D eigenvalue weighted by atomic mass is 15.2. The molecule has 9 heavy (non-hydrogen) atoms. The smallest absolute Gasteiger partial charge is 0.140 e. The first-order valence-electron chi connectivity index (χ1n) is 2.57. The molecular formula is C6H9N3. The van der Waals surface area contributed by atoms with Crippen LogP contribution in [0.15, 0.2) is 10.1 Å². The molecule has 0 rings (SSSR count). The number of hydrogen-bond donors (Lipinski definition) is 0. The van der Waals surface area contributed by atoms with Gasteiger partial charge in [0, 0.05) is 7.05 Å². The Bertz CT molecular complexity index is 183. The topological polar surface area (TPSA) is 29.1 Å². The summed E-state index contributed by atoms with van der Waals surface area (Å²) in [6.45, 7) is 9.97. The summed E-state index contributed by atoms with van der Waals surface area (Å²) < 4.78 is 0. The molecule has 0 bridgehead atoms. The van der Waals surface area contributed by atoms with E-state index in [1.807, 2.05) is 6.92 Å². The highest BCUT2D eigenvalue weighted by molar-refractivity contribution is 6.40. The molecule has 0 amide bonds. The van der Waals surface area contributed by atoms with Crippen molar-refractivity contribution in [2.45, 2.75) is 13.8 Å². The van der Waals surface area contributed by atoms with Gasteiger partial charge in [0.2, 0.25) is 0 Å². The minimum absolute atomic E-state index is 0.688. The van der Waals surface area contributed by atoms with Crippen LogP contribution in [0.5, 0.6) is 0 Å². The van der Waals surface area contributed by atoms with Crippen molar-refractivity contribution in [3.63, 3.8) is 0 Å². The van der Waals surface area contributed by atoms with E-state index >= 15 is 0 Å². The van der Waals surface area contributed by atoms with E-state index in [0.717, 1.165) is 5.71 Å². The summed E-state index contributed by atoms with van der Waals surface area (Å²) in [5.41, 5.74) is 1.50. The lowest BCUT2D eigenvalue weighted by atomic mass is 10.3. The van der Waals surface area contributed by atoms with Gasteiger partial charge < -0.3 is 0 Å². The van der Waals surface area contributed by atoms with Gasteiger partial charge in [-0.1, -0.05) is 0 Å². The summed E-state index contributed by atoms with van der Waals surface area (Å²) in [5, 5.41) is 3.47. The molecule has 0 radical (unpaired) electrons. The molecule has 0 saturated heterocycles. The summed E-state index contributed by atoms with van der Waals surface area (Å²) in [6.07, 6.45) is 0. The van der Waals surface area contributed by atoms with Crippen molar-refractivity contribution in [2.75, 3.05) is 7.05 Å². The van der Waals surface area contributed by atoms with Crippen molar-refractivity contribution < 1.29 is 0 Å². The van der Waals surface area contributed by atoms with Crippen LogP contribution in [0.25, 0.3) is 4.95 Å². The van der Waals surface area contributed by atoms with Gasteiger partial charge in [0.25, 0.3) is 0 Å². The van der Waals surface area contributed by atoms with Crippen LogP contribution in [0.1, 0.15) is 13.8 Å². The van der Waals surface area contributed by atoms with Crippen LogP contribution in [0.4, 0.5) is 0 Å². The van der Waals surface area contributed by atoms with Crippen molar-refractivity contribution in [1.29, 1.82) is 0 Å². The third-order valence-corrected chi connectivity index (χ3v) is 1.06. The lowest BCUT2D eigenvalue weighted by Gasteiger charge is -1.87. The zero-order chi connectivity index (χ0) is 7.28. The monoisotopic (exact) mass is 123 g/mol. The van der Waals surface area contributed by atoms with Crippen LogP contribution in [0.2, 0.25) is 0 Å². The SMILES string of the molecule is [C-]#[N+]/N=C(/C)C(C)=NC. The largest absolute Gasteiger partial charge is 0.291 e. The fourth-order valence-electron chi connectivity index (χ4n) is 0.309. The van der Waals surface area contributed by atoms with Gasteiger partial charge in [-0.05, 0) is 13.8 Å². The minimum Gasteiger partial charge on any atom is -0.291 e. The summed E-state index contributed by atoms with van der Waals surface area (Å²) >= 11 is 0. The number of nitrogens with zero attached hydrogens (tertiary/aromatic N) is 3. The lowest BCUT2D eigenvalue weighted by molar-refractivity contribution is 1.42. The van der Waals surface area contributed by atoms with E-state index in [0.29, 0.717) is 5.71 Å². The molecule has 0 N–H and O–H groups in total. The first-order chi connectivity index (χ1) is 4.22. The Kier molecular flexibility index (Phi) is 3.29. The lowest BCUT2D eigenvalue weighted by Crippen LogP contribution is -2.03. The molecule has 0 atom stereocenters. The third kappa shape index (κ3) is 2.60. The summed E-state index contributed by atoms with van der Waals surface area (Å²) in [4.78, 5) is 6.71. The Balaban J connectivity index is 4.25. The predicted molar refractivity (Wildman–Crippen MR) is 38.7 cm³/mol. The molecule has 0 saturated carbocycles. The van der Waals surface area contributed by atoms with Crippen molar-refractivity contribution in [3.05, 3.63) is 11.5 Å². The molecule has 0 aromatic heterocycles. The molecule has 3 nitrogen and oxygen atoms in total. The van der Waals surface area contributed by atoms with Gasteiger partial charge in [-0.2, -0.15) is 6.57 Å². The van der Waals surface area contributed by atoms with Crippen LogP contribution >= 0.6 is 0 Å². The molecule has 0 aliphatic carbocycles. The van der Waals surface area contributed by atoms with Crippen molar-refractivity contribution >= 4 is 11.4 Å². The van der Waals surface area contributed by atoms with Crippen LogP contribution in [-0.4, -0.2) is 18.5 Å². The van der Waals surface area contributed by atoms with Crippen molar-refractivity contribution in [3.8, 4) is 0 Å². The van der Waals surface area contributed by atoms with Gasteiger partial charge >= 0.3 is 0 Å². The highest BCUT2D eigenvalue weighted by Gasteiger charge is 1.95. The Hall–Kier alpha value is -1.17. The molecule has 3 heteroatoms. The van der Waals surface area contributed by atoms with E-state index in [4.69, 9.17) is 6.57 Å². The number of hydrogen-bond acceptors (Lipinski definition) is 2. The van der Waals surface area contributed by atoms with Crippen LogP contribution in [0, 0.1) is 6.57 Å². The summed E-state index contributed by atoms with van der Waals surface area (Å²) in [7, 11) is 1.68. The minimum atomic E-state index is 0.688. The predicted octanol–water partition coefficient (Wildman–Crippen LogP) is 1.37. The maximum absolute atomic E-state index is 6.38. The quantitative estimate of drug-likeness (QED) is 0.286. The molecule has 0 heterocycles. The van der Waals surface area contributed by atoms with Crippen molar-refractivity contribution in [1.82, 2.24) is 0 Å². The first kappa shape index (κ1) is 7.83. The maximum atomic E-state index is 6.38. The van der Waals surface area contributed by atoms with Crippen LogP contribution < -0.4 is 0 Å². The Morgan fingerprint density at radius 1 is 1.33 bits per heavy atom. The molecular weight excluding hydrogens is 114 g/mol. The molecule has 0 fully saturated rings. The van der Waals surface area contributed by atoms with E-state index in [2.05, 4.69) is 15.0 Å². The number of rotatable bonds is 1. The Morgan fingerprint density at radius 3 is 2.22 bits per heavy atom. The molecule has 0 aromatic rings. The van der Waals surface area contributed by atoms with Crippen LogP contribution in [0.3, 0.4) is 0 Å². The van der Waals surface area contributed by atoms with Gasteiger partial charge in [0.05, 0.1) is 10.8 Å². The normalized spacial score (nSPS) is 13.1. The van der Waals surface area contributed by atoms with Crippen molar-refractivity contribution in [2.24, 2.45) is 10.1 Å². The highest BCUT2D eigenvalue weighted by Crippen LogP contribution is 1.82. The van der Waals surface area contributed by atoms with E-state index in [1.165, 1.54) is 0 Å². The zero-order valence-corrected chi connectivity index (χ0v) is 5.84. The maximum Gasteiger partial charge on any atom is 0.140 e. The second-order valence-corrected chi connectivity index (χ2v) is 1.59. The van der Waals surface area contributed by atoms with E-state index in [-0.39, 0.29) is 0 Å². The van der Waals surface area contributed by atoms with Crippen LogP contribution in [-0.2, 0) is 0 Å². The third-order valence-electron chi connectivity index (χ3n) is 1.06. The first-order valence-corrected chi connectivity index (χ1v) is 2.57. The molecule has 0 unspecified atom stereocenters. The van der Waals surface area contributed by atoms with Gasteiger partial charge in [-0.25, -0.2) is 0 Å². The molecule has 0 spiro atoms. The van der Waals surface area contributed by atoms with Gasteiger partial charge in [-0.15, -0.1) is 4.95 Å². The van der Waals surface area contributed by atoms with Gasteiger partial charge in [-0.3, -0.25) is 4.99 Å². The standard InChI is InChI=1S/C6H9N3/c1-5(7-3)6(2)9-8-4/h1-3H3/b7-5?,9-6-. The van der Waals surface area contributed by atoms with Gasteiger partial charge in [0.1, 0.15) is 5.71 Å². The van der Waals surface area contributed by atoms with E-state index < -0.39 is 0 Å². The molecule has 0 aliphatic heterocycles.